The number of amides is 1. The van der Waals surface area contributed by atoms with E-state index in [0.717, 1.165) is 36.5 Å². The topological polar surface area (TPSA) is 66.9 Å². The number of hydrogen-bond donors (Lipinski definition) is 0. The molecule has 7 heteroatoms. The van der Waals surface area contributed by atoms with Crippen molar-refractivity contribution in [2.75, 3.05) is 32.9 Å². The molecule has 0 N–H and O–H groups in total. The van der Waals surface area contributed by atoms with Gasteiger partial charge in [0.2, 0.25) is 10.0 Å². The van der Waals surface area contributed by atoms with Gasteiger partial charge in [-0.25, -0.2) is 12.7 Å². The highest BCUT2D eigenvalue weighted by atomic mass is 32.2. The van der Waals surface area contributed by atoms with E-state index >= 15 is 0 Å². The number of ether oxygens (including phenoxy) is 1. The summed E-state index contributed by atoms with van der Waals surface area (Å²) in [4.78, 5) is 14.1. The quantitative estimate of drug-likeness (QED) is 0.706. The van der Waals surface area contributed by atoms with E-state index in [1.807, 2.05) is 13.8 Å². The smallest absolute Gasteiger partial charge is 0.253 e. The second-order valence-electron chi connectivity index (χ2n) is 5.25. The van der Waals surface area contributed by atoms with Gasteiger partial charge in [-0.3, -0.25) is 4.79 Å². The molecule has 0 saturated carbocycles. The zero-order chi connectivity index (χ0) is 14.6. The lowest BCUT2D eigenvalue weighted by Crippen LogP contribution is -2.46. The van der Waals surface area contributed by atoms with Crippen molar-refractivity contribution in [1.29, 1.82) is 0 Å². The third-order valence-corrected chi connectivity index (χ3v) is 4.40. The average Bonchev–Trinajstić information content (AvgIpc) is 2.78. The van der Waals surface area contributed by atoms with Crippen LogP contribution in [0.15, 0.2) is 0 Å². The van der Waals surface area contributed by atoms with Crippen LogP contribution in [0.3, 0.4) is 0 Å². The summed E-state index contributed by atoms with van der Waals surface area (Å²) in [6.07, 6.45) is 2.28. The maximum Gasteiger partial charge on any atom is 0.253 e. The second-order valence-corrected chi connectivity index (χ2v) is 7.34. The molecule has 1 amide bonds. The maximum absolute atomic E-state index is 12.3. The van der Waals surface area contributed by atoms with E-state index in [-0.39, 0.29) is 18.6 Å². The van der Waals surface area contributed by atoms with Gasteiger partial charge in [-0.2, -0.15) is 0 Å². The van der Waals surface area contributed by atoms with Crippen molar-refractivity contribution in [3.05, 3.63) is 0 Å². The minimum atomic E-state index is -3.31. The first-order valence-electron chi connectivity index (χ1n) is 6.57. The van der Waals surface area contributed by atoms with Gasteiger partial charge >= 0.3 is 0 Å². The molecule has 1 aliphatic heterocycles. The highest BCUT2D eigenvalue weighted by Crippen LogP contribution is 2.13. The summed E-state index contributed by atoms with van der Waals surface area (Å²) in [5.74, 6) is -0.110. The number of nitrogens with zero attached hydrogens (tertiary/aromatic N) is 2. The first-order valence-corrected chi connectivity index (χ1v) is 8.42. The molecule has 19 heavy (non-hydrogen) atoms. The van der Waals surface area contributed by atoms with Crippen LogP contribution in [0.25, 0.3) is 0 Å². The monoisotopic (exact) mass is 292 g/mol. The van der Waals surface area contributed by atoms with E-state index in [0.29, 0.717) is 0 Å². The summed E-state index contributed by atoms with van der Waals surface area (Å²) in [7, 11) is -1.85. The lowest BCUT2D eigenvalue weighted by Gasteiger charge is -2.27. The predicted molar refractivity (Wildman–Crippen MR) is 73.3 cm³/mol. The molecule has 1 heterocycles. The maximum atomic E-state index is 12.3. The van der Waals surface area contributed by atoms with Gasteiger partial charge in [0.15, 0.2) is 6.10 Å². The Hall–Kier alpha value is -0.660. The molecule has 1 unspecified atom stereocenters. The predicted octanol–water partition coefficient (Wildman–Crippen LogP) is 0.294. The van der Waals surface area contributed by atoms with Crippen molar-refractivity contribution >= 4 is 15.9 Å². The summed E-state index contributed by atoms with van der Waals surface area (Å²) in [6.45, 7) is 5.21. The van der Waals surface area contributed by atoms with Crippen molar-refractivity contribution < 1.29 is 17.9 Å². The Labute approximate surface area is 115 Å². The standard InChI is InChI=1S/C12H24N2O4S/c1-10(2)18-11(9-13(3)19(4,16)17)12(15)14-7-5-6-8-14/h10-11H,5-9H2,1-4H3. The van der Waals surface area contributed by atoms with Crippen molar-refractivity contribution in [2.45, 2.75) is 38.9 Å². The highest BCUT2D eigenvalue weighted by Gasteiger charge is 2.30. The molecule has 0 aromatic rings. The van der Waals surface area contributed by atoms with Crippen molar-refractivity contribution in [1.82, 2.24) is 9.21 Å². The second kappa shape index (κ2) is 6.67. The summed E-state index contributed by atoms with van der Waals surface area (Å²) in [5.41, 5.74) is 0. The summed E-state index contributed by atoms with van der Waals surface area (Å²) < 4.78 is 29.6. The fourth-order valence-corrected chi connectivity index (χ4v) is 2.42. The van der Waals surface area contributed by atoms with Gasteiger partial charge in [-0.15, -0.1) is 0 Å². The fourth-order valence-electron chi connectivity index (χ4n) is 2.02. The van der Waals surface area contributed by atoms with Crippen molar-refractivity contribution in [2.24, 2.45) is 0 Å². The number of sulfonamides is 1. The molecule has 1 atom stereocenters. The van der Waals surface area contributed by atoms with Crippen LogP contribution in [0.2, 0.25) is 0 Å². The number of carbonyl (C=O) groups excluding carboxylic acids is 1. The lowest BCUT2D eigenvalue weighted by molar-refractivity contribution is -0.145. The van der Waals surface area contributed by atoms with Gasteiger partial charge in [-0.05, 0) is 26.7 Å². The van der Waals surface area contributed by atoms with E-state index in [4.69, 9.17) is 4.74 Å². The Morgan fingerprint density at radius 3 is 2.26 bits per heavy atom. The SMILES string of the molecule is CC(C)OC(CN(C)S(C)(=O)=O)C(=O)N1CCCC1. The molecule has 112 valence electrons. The Kier molecular flexibility index (Phi) is 5.76. The number of rotatable bonds is 6. The van der Waals surface area contributed by atoms with Gasteiger partial charge in [-0.1, -0.05) is 0 Å². The summed E-state index contributed by atoms with van der Waals surface area (Å²) >= 11 is 0. The van der Waals surface area contributed by atoms with Gasteiger partial charge in [0.1, 0.15) is 0 Å². The van der Waals surface area contributed by atoms with E-state index < -0.39 is 16.1 Å². The number of likely N-dealkylation sites (N-methyl/N-ethyl adjacent to an activating group) is 1. The highest BCUT2D eigenvalue weighted by molar-refractivity contribution is 7.88. The molecule has 1 aliphatic rings. The fraction of sp³-hybridized carbons (Fsp3) is 0.917. The molecule has 0 radical (unpaired) electrons. The molecule has 1 rings (SSSR count). The van der Waals surface area contributed by atoms with Crippen LogP contribution in [0.4, 0.5) is 0 Å². The minimum absolute atomic E-state index is 0.0619. The van der Waals surface area contributed by atoms with E-state index in [9.17, 15) is 13.2 Å². The van der Waals surface area contributed by atoms with E-state index in [1.54, 1.807) is 4.90 Å². The van der Waals surface area contributed by atoms with E-state index in [1.165, 1.54) is 7.05 Å². The molecule has 0 aromatic heterocycles. The first-order chi connectivity index (χ1) is 8.71. The number of hydrogen-bond acceptors (Lipinski definition) is 4. The van der Waals surface area contributed by atoms with Crippen LogP contribution >= 0.6 is 0 Å². The largest absolute Gasteiger partial charge is 0.364 e. The Morgan fingerprint density at radius 1 is 1.32 bits per heavy atom. The number of likely N-dealkylation sites (tertiary alicyclic amines) is 1. The molecule has 0 bridgehead atoms. The van der Waals surface area contributed by atoms with Crippen molar-refractivity contribution in [3.8, 4) is 0 Å². The molecule has 1 fully saturated rings. The third kappa shape index (κ3) is 5.08. The minimum Gasteiger partial charge on any atom is -0.364 e. The van der Waals surface area contributed by atoms with E-state index in [2.05, 4.69) is 0 Å². The normalized spacial score (nSPS) is 18.3. The first kappa shape index (κ1) is 16.4. The molecule has 0 spiro atoms. The summed E-state index contributed by atoms with van der Waals surface area (Å²) in [5, 5.41) is 0. The number of carbonyl (C=O) groups is 1. The average molecular weight is 292 g/mol. The van der Waals surface area contributed by atoms with Gasteiger partial charge < -0.3 is 9.64 Å². The van der Waals surface area contributed by atoms with Crippen molar-refractivity contribution in [3.63, 3.8) is 0 Å². The Balaban J connectivity index is 2.73. The van der Waals surface area contributed by atoms with Gasteiger partial charge in [0.25, 0.3) is 5.91 Å². The van der Waals surface area contributed by atoms with Crippen LogP contribution in [-0.2, 0) is 19.6 Å². The zero-order valence-electron chi connectivity index (χ0n) is 12.1. The van der Waals surface area contributed by atoms with Crippen LogP contribution in [-0.4, -0.2) is 68.7 Å². The third-order valence-electron chi connectivity index (χ3n) is 3.12. The van der Waals surface area contributed by atoms with Crippen LogP contribution in [0, 0.1) is 0 Å². The molecular formula is C12H24N2O4S. The molecule has 1 saturated heterocycles. The lowest BCUT2D eigenvalue weighted by atomic mass is 10.3. The molecular weight excluding hydrogens is 268 g/mol. The van der Waals surface area contributed by atoms with Crippen LogP contribution in [0.5, 0.6) is 0 Å². The Morgan fingerprint density at radius 2 is 1.84 bits per heavy atom. The molecule has 0 aliphatic carbocycles. The summed E-state index contributed by atoms with van der Waals surface area (Å²) in [6, 6.07) is 0. The van der Waals surface area contributed by atoms with Crippen LogP contribution in [0.1, 0.15) is 26.7 Å². The molecule has 0 aromatic carbocycles. The van der Waals surface area contributed by atoms with Gasteiger partial charge in [0, 0.05) is 26.7 Å². The zero-order valence-corrected chi connectivity index (χ0v) is 12.9. The molecule has 6 nitrogen and oxygen atoms in total. The van der Waals surface area contributed by atoms with Gasteiger partial charge in [0.05, 0.1) is 12.4 Å². The Bertz CT molecular complexity index is 402. The van der Waals surface area contributed by atoms with Crippen LogP contribution < -0.4 is 0 Å².